The molecule has 1 fully saturated rings. The Kier molecular flexibility index (Phi) is 5.92. The van der Waals surface area contributed by atoms with Crippen molar-refractivity contribution in [2.24, 2.45) is 0 Å². The summed E-state index contributed by atoms with van der Waals surface area (Å²) in [5.41, 5.74) is 0. The van der Waals surface area contributed by atoms with Gasteiger partial charge in [-0.25, -0.2) is 8.42 Å². The molecule has 0 aliphatic carbocycles. The smallest absolute Gasteiger partial charge is 0.243 e. The third-order valence-electron chi connectivity index (χ3n) is 4.00. The summed E-state index contributed by atoms with van der Waals surface area (Å²) in [6.45, 7) is 7.68. The Labute approximate surface area is 137 Å². The van der Waals surface area contributed by atoms with Gasteiger partial charge in [0.05, 0.1) is 10.9 Å². The average Bonchev–Trinajstić information content (AvgIpc) is 2.59. The SMILES string of the molecule is C=CCNC(=O)C(C)N1CCN(S(=O)(=O)c2ccccc2)CC1. The van der Waals surface area contributed by atoms with Crippen LogP contribution in [0.3, 0.4) is 0 Å². The monoisotopic (exact) mass is 337 g/mol. The number of nitrogens with one attached hydrogen (secondary N) is 1. The van der Waals surface area contributed by atoms with Crippen LogP contribution < -0.4 is 5.32 Å². The number of sulfonamides is 1. The molecule has 1 unspecified atom stereocenters. The van der Waals surface area contributed by atoms with E-state index in [1.807, 2.05) is 11.8 Å². The fourth-order valence-corrected chi connectivity index (χ4v) is 4.00. The van der Waals surface area contributed by atoms with Crippen molar-refractivity contribution in [3.8, 4) is 0 Å². The summed E-state index contributed by atoms with van der Waals surface area (Å²) in [4.78, 5) is 14.3. The lowest BCUT2D eigenvalue weighted by Crippen LogP contribution is -2.54. The van der Waals surface area contributed by atoms with Gasteiger partial charge in [0.25, 0.3) is 0 Å². The molecule has 1 N–H and O–H groups in total. The molecule has 0 radical (unpaired) electrons. The Morgan fingerprint density at radius 1 is 1.26 bits per heavy atom. The molecule has 0 saturated carbocycles. The van der Waals surface area contributed by atoms with Gasteiger partial charge in [-0.1, -0.05) is 24.3 Å². The van der Waals surface area contributed by atoms with E-state index in [4.69, 9.17) is 0 Å². The van der Waals surface area contributed by atoms with Crippen LogP contribution in [0.4, 0.5) is 0 Å². The normalized spacial score (nSPS) is 18.3. The van der Waals surface area contributed by atoms with Gasteiger partial charge >= 0.3 is 0 Å². The third-order valence-corrected chi connectivity index (χ3v) is 5.91. The van der Waals surface area contributed by atoms with Crippen molar-refractivity contribution < 1.29 is 13.2 Å². The summed E-state index contributed by atoms with van der Waals surface area (Å²) < 4.78 is 26.6. The lowest BCUT2D eigenvalue weighted by molar-refractivity contribution is -0.126. The fraction of sp³-hybridized carbons (Fsp3) is 0.438. The van der Waals surface area contributed by atoms with Crippen LogP contribution in [0.1, 0.15) is 6.92 Å². The molecule has 1 saturated heterocycles. The number of carbonyl (C=O) groups is 1. The van der Waals surface area contributed by atoms with E-state index in [2.05, 4.69) is 11.9 Å². The second-order valence-electron chi connectivity index (χ2n) is 5.46. The molecule has 126 valence electrons. The maximum Gasteiger partial charge on any atom is 0.243 e. The van der Waals surface area contributed by atoms with Gasteiger partial charge < -0.3 is 5.32 Å². The van der Waals surface area contributed by atoms with E-state index >= 15 is 0 Å². The van der Waals surface area contributed by atoms with Gasteiger partial charge in [-0.2, -0.15) is 4.31 Å². The molecule has 0 aromatic heterocycles. The molecule has 2 rings (SSSR count). The molecule has 0 spiro atoms. The lowest BCUT2D eigenvalue weighted by Gasteiger charge is -2.36. The highest BCUT2D eigenvalue weighted by atomic mass is 32.2. The molecular weight excluding hydrogens is 314 g/mol. The zero-order chi connectivity index (χ0) is 16.9. The predicted molar refractivity (Wildman–Crippen MR) is 89.4 cm³/mol. The summed E-state index contributed by atoms with van der Waals surface area (Å²) in [6.07, 6.45) is 1.63. The number of hydrogen-bond donors (Lipinski definition) is 1. The molecule has 6 nitrogen and oxygen atoms in total. The first kappa shape index (κ1) is 17.7. The van der Waals surface area contributed by atoms with Gasteiger partial charge in [-0.15, -0.1) is 6.58 Å². The molecule has 23 heavy (non-hydrogen) atoms. The first-order chi connectivity index (χ1) is 11.0. The molecule has 1 aromatic rings. The van der Waals surface area contributed by atoms with Gasteiger partial charge in [-0.3, -0.25) is 9.69 Å². The van der Waals surface area contributed by atoms with Crippen LogP contribution in [0.5, 0.6) is 0 Å². The van der Waals surface area contributed by atoms with Crippen molar-refractivity contribution in [3.05, 3.63) is 43.0 Å². The summed E-state index contributed by atoms with van der Waals surface area (Å²) in [6, 6.07) is 8.15. The van der Waals surface area contributed by atoms with Gasteiger partial charge in [-0.05, 0) is 19.1 Å². The van der Waals surface area contributed by atoms with Crippen molar-refractivity contribution in [2.45, 2.75) is 17.9 Å². The standard InChI is InChI=1S/C16H23N3O3S/c1-3-9-17-16(20)14(2)18-10-12-19(13-11-18)23(21,22)15-7-5-4-6-8-15/h3-8,14H,1,9-13H2,2H3,(H,17,20). The highest BCUT2D eigenvalue weighted by Crippen LogP contribution is 2.18. The number of nitrogens with zero attached hydrogens (tertiary/aromatic N) is 2. The third kappa shape index (κ3) is 4.19. The maximum absolute atomic E-state index is 12.6. The number of hydrogen-bond acceptors (Lipinski definition) is 4. The van der Waals surface area contributed by atoms with Crippen LogP contribution in [-0.2, 0) is 14.8 Å². The topological polar surface area (TPSA) is 69.7 Å². The Morgan fingerprint density at radius 3 is 2.43 bits per heavy atom. The highest BCUT2D eigenvalue weighted by molar-refractivity contribution is 7.89. The van der Waals surface area contributed by atoms with E-state index in [0.29, 0.717) is 37.6 Å². The van der Waals surface area contributed by atoms with Crippen molar-refractivity contribution in [1.29, 1.82) is 0 Å². The second-order valence-corrected chi connectivity index (χ2v) is 7.40. The molecule has 1 atom stereocenters. The van der Waals surface area contributed by atoms with Gasteiger partial charge in [0.1, 0.15) is 0 Å². The van der Waals surface area contributed by atoms with Gasteiger partial charge in [0.2, 0.25) is 15.9 Å². The van der Waals surface area contributed by atoms with E-state index < -0.39 is 10.0 Å². The van der Waals surface area contributed by atoms with Crippen LogP contribution >= 0.6 is 0 Å². The number of benzene rings is 1. The first-order valence-corrected chi connectivity index (χ1v) is 9.08. The molecule has 1 heterocycles. The van der Waals surface area contributed by atoms with Crippen LogP contribution in [0.2, 0.25) is 0 Å². The van der Waals surface area contributed by atoms with E-state index in [1.165, 1.54) is 4.31 Å². The molecule has 7 heteroatoms. The van der Waals surface area contributed by atoms with Crippen LogP contribution in [0, 0.1) is 0 Å². The number of rotatable bonds is 6. The summed E-state index contributed by atoms with van der Waals surface area (Å²) in [5, 5.41) is 2.77. The molecular formula is C16H23N3O3S. The van der Waals surface area contributed by atoms with Crippen LogP contribution in [0.25, 0.3) is 0 Å². The minimum atomic E-state index is -3.45. The summed E-state index contributed by atoms with van der Waals surface area (Å²) in [7, 11) is -3.45. The average molecular weight is 337 g/mol. The number of amides is 1. The predicted octanol–water partition coefficient (Wildman–Crippen LogP) is 0.684. The van der Waals surface area contributed by atoms with Gasteiger partial charge in [0.15, 0.2) is 0 Å². The quantitative estimate of drug-likeness (QED) is 0.775. The fourth-order valence-electron chi connectivity index (χ4n) is 2.56. The molecule has 1 aliphatic heterocycles. The first-order valence-electron chi connectivity index (χ1n) is 7.64. The van der Waals surface area contributed by atoms with E-state index in [9.17, 15) is 13.2 Å². The zero-order valence-corrected chi connectivity index (χ0v) is 14.1. The van der Waals surface area contributed by atoms with Crippen molar-refractivity contribution in [2.75, 3.05) is 32.7 Å². The summed E-state index contributed by atoms with van der Waals surface area (Å²) in [5.74, 6) is -0.0655. The Morgan fingerprint density at radius 2 is 1.87 bits per heavy atom. The second kappa shape index (κ2) is 7.72. The summed E-state index contributed by atoms with van der Waals surface area (Å²) >= 11 is 0. The highest BCUT2D eigenvalue weighted by Gasteiger charge is 2.31. The van der Waals surface area contributed by atoms with Crippen molar-refractivity contribution >= 4 is 15.9 Å². The number of carbonyl (C=O) groups excluding carboxylic acids is 1. The van der Waals surface area contributed by atoms with Gasteiger partial charge in [0, 0.05) is 32.7 Å². The van der Waals surface area contributed by atoms with E-state index in [0.717, 1.165) is 0 Å². The van der Waals surface area contributed by atoms with Crippen molar-refractivity contribution in [3.63, 3.8) is 0 Å². The molecule has 1 aromatic carbocycles. The lowest BCUT2D eigenvalue weighted by atomic mass is 10.2. The zero-order valence-electron chi connectivity index (χ0n) is 13.3. The Balaban J connectivity index is 1.96. The number of piperazine rings is 1. The minimum absolute atomic E-state index is 0.0655. The minimum Gasteiger partial charge on any atom is -0.351 e. The van der Waals surface area contributed by atoms with E-state index in [-0.39, 0.29) is 11.9 Å². The Hall–Kier alpha value is -1.70. The van der Waals surface area contributed by atoms with Crippen LogP contribution in [0.15, 0.2) is 47.9 Å². The molecule has 1 aliphatic rings. The molecule has 0 bridgehead atoms. The largest absolute Gasteiger partial charge is 0.351 e. The maximum atomic E-state index is 12.6. The molecule has 1 amide bonds. The van der Waals surface area contributed by atoms with Crippen molar-refractivity contribution in [1.82, 2.24) is 14.5 Å². The Bertz CT molecular complexity index is 638. The van der Waals surface area contributed by atoms with Crippen LogP contribution in [-0.4, -0.2) is 62.3 Å². The van der Waals surface area contributed by atoms with E-state index in [1.54, 1.807) is 36.4 Å².